The van der Waals surface area contributed by atoms with Crippen LogP contribution in [0.5, 0.6) is 0 Å². The van der Waals surface area contributed by atoms with Crippen LogP contribution in [0, 0.1) is 0 Å². The van der Waals surface area contributed by atoms with Crippen LogP contribution in [0.2, 0.25) is 5.02 Å². The summed E-state index contributed by atoms with van der Waals surface area (Å²) in [6, 6.07) is 8.09. The maximum Gasteiger partial charge on any atom is 0.100 e. The van der Waals surface area contributed by atoms with Gasteiger partial charge in [-0.2, -0.15) is 0 Å². The predicted octanol–water partition coefficient (Wildman–Crippen LogP) is 5.94. The number of benzene rings is 1. The molecule has 0 bridgehead atoms. The van der Waals surface area contributed by atoms with Gasteiger partial charge in [0.05, 0.1) is 5.76 Å². The Balaban J connectivity index is 2.59. The van der Waals surface area contributed by atoms with Crippen molar-refractivity contribution in [2.24, 2.45) is 0 Å². The normalized spacial score (nSPS) is 13.1. The van der Waals surface area contributed by atoms with Gasteiger partial charge in [0.25, 0.3) is 0 Å². The molecule has 0 saturated heterocycles. The molecule has 0 fully saturated rings. The van der Waals surface area contributed by atoms with Crippen LogP contribution in [0.15, 0.2) is 36.6 Å². The fraction of sp³-hybridized carbons (Fsp3) is 0.529. The van der Waals surface area contributed by atoms with E-state index in [0.717, 1.165) is 30.0 Å². The van der Waals surface area contributed by atoms with E-state index in [0.29, 0.717) is 5.92 Å². The standard InChI is InChI=1S/C17H25ClO/c1-6-14(15-9-7-8-10-16(15)18)12-11-13(2)19-17(3,4)5/h7-10,14H,2,6,11-12H2,1,3-5H3. The first-order valence-electron chi connectivity index (χ1n) is 6.94. The molecule has 0 aliphatic rings. The largest absolute Gasteiger partial charge is 0.493 e. The summed E-state index contributed by atoms with van der Waals surface area (Å²) in [7, 11) is 0. The summed E-state index contributed by atoms with van der Waals surface area (Å²) >= 11 is 6.27. The lowest BCUT2D eigenvalue weighted by atomic mass is 9.91. The molecule has 0 aromatic heterocycles. The van der Waals surface area contributed by atoms with Gasteiger partial charge in [0.1, 0.15) is 5.60 Å². The van der Waals surface area contributed by atoms with Gasteiger partial charge in [0.2, 0.25) is 0 Å². The highest BCUT2D eigenvalue weighted by Crippen LogP contribution is 2.31. The summed E-state index contributed by atoms with van der Waals surface area (Å²) in [5.41, 5.74) is 1.07. The number of halogens is 1. The summed E-state index contributed by atoms with van der Waals surface area (Å²) in [6.45, 7) is 12.3. The second kappa shape index (κ2) is 7.00. The van der Waals surface area contributed by atoms with Crippen molar-refractivity contribution in [1.82, 2.24) is 0 Å². The molecule has 0 heterocycles. The fourth-order valence-electron chi connectivity index (χ4n) is 2.20. The van der Waals surface area contributed by atoms with E-state index in [2.05, 4.69) is 19.6 Å². The molecule has 1 nitrogen and oxygen atoms in total. The van der Waals surface area contributed by atoms with E-state index in [-0.39, 0.29) is 5.60 Å². The van der Waals surface area contributed by atoms with E-state index in [1.165, 1.54) is 5.56 Å². The van der Waals surface area contributed by atoms with Crippen molar-refractivity contribution in [3.63, 3.8) is 0 Å². The van der Waals surface area contributed by atoms with Crippen molar-refractivity contribution < 1.29 is 4.74 Å². The number of ether oxygens (including phenoxy) is 1. The van der Waals surface area contributed by atoms with Crippen molar-refractivity contribution in [1.29, 1.82) is 0 Å². The molecule has 0 saturated carbocycles. The first-order valence-corrected chi connectivity index (χ1v) is 7.32. The van der Waals surface area contributed by atoms with Crippen molar-refractivity contribution in [3.8, 4) is 0 Å². The first kappa shape index (κ1) is 16.1. The van der Waals surface area contributed by atoms with Crippen LogP contribution in [0.4, 0.5) is 0 Å². The number of rotatable bonds is 6. The lowest BCUT2D eigenvalue weighted by Gasteiger charge is -2.24. The average molecular weight is 281 g/mol. The number of allylic oxidation sites excluding steroid dienone is 1. The van der Waals surface area contributed by atoms with E-state index >= 15 is 0 Å². The fourth-order valence-corrected chi connectivity index (χ4v) is 2.50. The minimum Gasteiger partial charge on any atom is -0.493 e. The first-order chi connectivity index (χ1) is 8.83. The Morgan fingerprint density at radius 3 is 2.47 bits per heavy atom. The summed E-state index contributed by atoms with van der Waals surface area (Å²) in [4.78, 5) is 0. The SMILES string of the molecule is C=C(CCC(CC)c1ccccc1Cl)OC(C)(C)C. The van der Waals surface area contributed by atoms with Crippen molar-refractivity contribution in [3.05, 3.63) is 47.2 Å². The molecule has 0 aliphatic carbocycles. The molecular weight excluding hydrogens is 256 g/mol. The number of hydrogen-bond acceptors (Lipinski definition) is 1. The van der Waals surface area contributed by atoms with Crippen molar-refractivity contribution in [2.45, 2.75) is 58.5 Å². The third kappa shape index (κ3) is 5.69. The Morgan fingerprint density at radius 2 is 1.95 bits per heavy atom. The molecule has 0 radical (unpaired) electrons. The monoisotopic (exact) mass is 280 g/mol. The van der Waals surface area contributed by atoms with Gasteiger partial charge in [-0.15, -0.1) is 0 Å². The topological polar surface area (TPSA) is 9.23 Å². The van der Waals surface area contributed by atoms with Gasteiger partial charge < -0.3 is 4.74 Å². The van der Waals surface area contributed by atoms with Crippen LogP contribution in [0.3, 0.4) is 0 Å². The molecule has 19 heavy (non-hydrogen) atoms. The molecule has 2 heteroatoms. The third-order valence-corrected chi connectivity index (χ3v) is 3.40. The smallest absolute Gasteiger partial charge is 0.100 e. The zero-order valence-corrected chi connectivity index (χ0v) is 13.3. The van der Waals surface area contributed by atoms with Crippen LogP contribution in [-0.2, 0) is 4.74 Å². The summed E-state index contributed by atoms with van der Waals surface area (Å²) in [5, 5.41) is 0.858. The van der Waals surface area contributed by atoms with Crippen molar-refractivity contribution in [2.75, 3.05) is 0 Å². The third-order valence-electron chi connectivity index (χ3n) is 3.06. The van der Waals surface area contributed by atoms with Crippen LogP contribution in [0.25, 0.3) is 0 Å². The maximum atomic E-state index is 6.27. The summed E-state index contributed by atoms with van der Waals surface area (Å²) < 4.78 is 5.77. The van der Waals surface area contributed by atoms with Gasteiger partial charge in [-0.25, -0.2) is 0 Å². The molecule has 0 N–H and O–H groups in total. The van der Waals surface area contributed by atoms with Gasteiger partial charge in [0.15, 0.2) is 0 Å². The zero-order chi connectivity index (χ0) is 14.5. The molecule has 1 aromatic carbocycles. The zero-order valence-electron chi connectivity index (χ0n) is 12.5. The molecular formula is C17H25ClO. The number of hydrogen-bond donors (Lipinski definition) is 0. The van der Waals surface area contributed by atoms with Gasteiger partial charge in [-0.1, -0.05) is 43.3 Å². The van der Waals surface area contributed by atoms with Gasteiger partial charge >= 0.3 is 0 Å². The Bertz CT molecular complexity index is 418. The van der Waals surface area contributed by atoms with E-state index in [1.807, 2.05) is 39.0 Å². The highest BCUT2D eigenvalue weighted by atomic mass is 35.5. The molecule has 0 aliphatic heterocycles. The highest BCUT2D eigenvalue weighted by Gasteiger charge is 2.16. The minimum absolute atomic E-state index is 0.164. The van der Waals surface area contributed by atoms with Crippen LogP contribution in [0.1, 0.15) is 58.4 Å². The van der Waals surface area contributed by atoms with Crippen LogP contribution in [-0.4, -0.2) is 5.60 Å². The second-order valence-corrected chi connectivity index (χ2v) is 6.33. The van der Waals surface area contributed by atoms with Gasteiger partial charge in [0, 0.05) is 11.4 Å². The Hall–Kier alpha value is -0.950. The molecule has 1 unspecified atom stereocenters. The average Bonchev–Trinajstić information content (AvgIpc) is 2.29. The Kier molecular flexibility index (Phi) is 5.93. The van der Waals surface area contributed by atoms with Crippen LogP contribution < -0.4 is 0 Å². The van der Waals surface area contributed by atoms with E-state index < -0.39 is 0 Å². The molecule has 1 rings (SSSR count). The molecule has 0 spiro atoms. The molecule has 106 valence electrons. The molecule has 1 aromatic rings. The van der Waals surface area contributed by atoms with E-state index in [4.69, 9.17) is 16.3 Å². The Labute approximate surface area is 122 Å². The van der Waals surface area contributed by atoms with Gasteiger partial charge in [-0.3, -0.25) is 0 Å². The molecule has 1 atom stereocenters. The van der Waals surface area contributed by atoms with Crippen molar-refractivity contribution >= 4 is 11.6 Å². The predicted molar refractivity (Wildman–Crippen MR) is 83.7 cm³/mol. The summed E-state index contributed by atoms with van der Waals surface area (Å²) in [5.74, 6) is 1.33. The van der Waals surface area contributed by atoms with Gasteiger partial charge in [-0.05, 0) is 51.2 Å². The highest BCUT2D eigenvalue weighted by molar-refractivity contribution is 6.31. The minimum atomic E-state index is -0.164. The lowest BCUT2D eigenvalue weighted by molar-refractivity contribution is 0.0469. The second-order valence-electron chi connectivity index (χ2n) is 5.92. The van der Waals surface area contributed by atoms with Crippen LogP contribution >= 0.6 is 11.6 Å². The summed E-state index contributed by atoms with van der Waals surface area (Å²) in [6.07, 6.45) is 2.97. The van der Waals surface area contributed by atoms with E-state index in [9.17, 15) is 0 Å². The van der Waals surface area contributed by atoms with E-state index in [1.54, 1.807) is 0 Å². The lowest BCUT2D eigenvalue weighted by Crippen LogP contribution is -2.18. The quantitative estimate of drug-likeness (QED) is 0.586. The Morgan fingerprint density at radius 1 is 1.32 bits per heavy atom. The maximum absolute atomic E-state index is 6.27. The molecule has 0 amide bonds.